The van der Waals surface area contributed by atoms with Crippen LogP contribution in [0.1, 0.15) is 32.6 Å². The van der Waals surface area contributed by atoms with Crippen molar-refractivity contribution >= 4 is 0 Å². The molecule has 2 aliphatic rings. The van der Waals surface area contributed by atoms with Crippen LogP contribution in [0.15, 0.2) is 12.2 Å². The van der Waals surface area contributed by atoms with Gasteiger partial charge in [-0.05, 0) is 37.0 Å². The molecule has 0 spiro atoms. The molecular weight excluding hydrogens is 120 g/mol. The molecular formula is C10H15. The van der Waals surface area contributed by atoms with Gasteiger partial charge in [-0.15, -0.1) is 0 Å². The summed E-state index contributed by atoms with van der Waals surface area (Å²) in [5, 5.41) is 0. The maximum atomic E-state index is 2.44. The van der Waals surface area contributed by atoms with Crippen molar-refractivity contribution in [1.29, 1.82) is 0 Å². The molecule has 0 N–H and O–H groups in total. The molecule has 2 atom stereocenters. The first-order valence-corrected chi connectivity index (χ1v) is 4.36. The molecule has 2 rings (SSSR count). The first-order valence-electron chi connectivity index (χ1n) is 4.36. The number of fused-ring (bicyclic) bond motifs is 1. The van der Waals surface area contributed by atoms with Crippen molar-refractivity contribution < 1.29 is 0 Å². The molecule has 0 aromatic heterocycles. The molecule has 0 aromatic rings. The summed E-state index contributed by atoms with van der Waals surface area (Å²) in [6.45, 7) is 2.22. The molecule has 1 fully saturated rings. The Morgan fingerprint density at radius 3 is 3.20 bits per heavy atom. The molecule has 0 amide bonds. The molecule has 0 aromatic carbocycles. The summed E-state index contributed by atoms with van der Waals surface area (Å²) in [6, 6.07) is 0. The van der Waals surface area contributed by atoms with Crippen LogP contribution >= 0.6 is 0 Å². The summed E-state index contributed by atoms with van der Waals surface area (Å²) in [5.74, 6) is 0.970. The standard InChI is InChI=1S/C10H15/c1-2-10-7-3-5-9(10)6-4-8-10/h2-3,7,9H,4-6,8H2,1H3. The first kappa shape index (κ1) is 6.45. The van der Waals surface area contributed by atoms with Gasteiger partial charge in [-0.1, -0.05) is 25.5 Å². The summed E-state index contributed by atoms with van der Waals surface area (Å²) in [4.78, 5) is 0. The van der Waals surface area contributed by atoms with Crippen LogP contribution < -0.4 is 0 Å². The van der Waals surface area contributed by atoms with Gasteiger partial charge in [0.15, 0.2) is 0 Å². The van der Waals surface area contributed by atoms with E-state index in [0.717, 1.165) is 5.92 Å². The summed E-state index contributed by atoms with van der Waals surface area (Å²) >= 11 is 0. The third-order valence-corrected chi connectivity index (χ3v) is 3.31. The van der Waals surface area contributed by atoms with Crippen molar-refractivity contribution in [2.75, 3.05) is 0 Å². The molecule has 0 nitrogen and oxygen atoms in total. The second-order valence-electron chi connectivity index (χ2n) is 3.63. The largest absolute Gasteiger partial charge is 0.0877 e. The molecule has 2 aliphatic carbocycles. The first-order chi connectivity index (χ1) is 4.87. The van der Waals surface area contributed by atoms with Gasteiger partial charge in [0, 0.05) is 0 Å². The minimum Gasteiger partial charge on any atom is -0.0877 e. The molecule has 0 aliphatic heterocycles. The van der Waals surface area contributed by atoms with Gasteiger partial charge in [-0.3, -0.25) is 0 Å². The van der Waals surface area contributed by atoms with E-state index in [2.05, 4.69) is 25.5 Å². The third-order valence-electron chi connectivity index (χ3n) is 3.31. The van der Waals surface area contributed by atoms with Gasteiger partial charge in [-0.2, -0.15) is 0 Å². The Kier molecular flexibility index (Phi) is 1.36. The Hall–Kier alpha value is -0.260. The minimum atomic E-state index is 0.542. The van der Waals surface area contributed by atoms with Gasteiger partial charge in [-0.25, -0.2) is 0 Å². The molecule has 0 heterocycles. The average molecular weight is 135 g/mol. The Labute approximate surface area is 63.3 Å². The van der Waals surface area contributed by atoms with Crippen LogP contribution in [-0.4, -0.2) is 0 Å². The number of hydrogen-bond acceptors (Lipinski definition) is 0. The molecule has 1 saturated carbocycles. The Morgan fingerprint density at radius 1 is 1.60 bits per heavy atom. The highest BCUT2D eigenvalue weighted by Gasteiger charge is 2.41. The van der Waals surface area contributed by atoms with Crippen molar-refractivity contribution in [2.24, 2.45) is 11.3 Å². The molecule has 0 saturated heterocycles. The Bertz CT molecular complexity index is 157. The highest BCUT2D eigenvalue weighted by atomic mass is 14.5. The fraction of sp³-hybridized carbons (Fsp3) is 0.700. The van der Waals surface area contributed by atoms with Crippen LogP contribution in [0.25, 0.3) is 0 Å². The fourth-order valence-electron chi connectivity index (χ4n) is 2.61. The van der Waals surface area contributed by atoms with E-state index in [0.29, 0.717) is 5.41 Å². The number of allylic oxidation sites excluding steroid dienone is 2. The monoisotopic (exact) mass is 135 g/mol. The van der Waals surface area contributed by atoms with E-state index in [1.807, 2.05) is 0 Å². The van der Waals surface area contributed by atoms with Crippen LogP contribution in [0.4, 0.5) is 0 Å². The quantitative estimate of drug-likeness (QED) is 0.485. The van der Waals surface area contributed by atoms with E-state index in [4.69, 9.17) is 0 Å². The number of rotatable bonds is 1. The van der Waals surface area contributed by atoms with E-state index < -0.39 is 0 Å². The topological polar surface area (TPSA) is 0 Å². The second kappa shape index (κ2) is 2.11. The molecule has 1 radical (unpaired) electrons. The van der Waals surface area contributed by atoms with Gasteiger partial charge in [0.1, 0.15) is 0 Å². The van der Waals surface area contributed by atoms with Crippen molar-refractivity contribution in [1.82, 2.24) is 0 Å². The lowest BCUT2D eigenvalue weighted by molar-refractivity contribution is 0.354. The van der Waals surface area contributed by atoms with Crippen LogP contribution in [0.3, 0.4) is 0 Å². The average Bonchev–Trinajstić information content (AvgIpc) is 2.42. The third kappa shape index (κ3) is 0.680. The molecule has 55 valence electrons. The minimum absolute atomic E-state index is 0.542. The van der Waals surface area contributed by atoms with Crippen molar-refractivity contribution in [3.05, 3.63) is 18.6 Å². The zero-order valence-electron chi connectivity index (χ0n) is 6.64. The van der Waals surface area contributed by atoms with Gasteiger partial charge < -0.3 is 0 Å². The molecule has 10 heavy (non-hydrogen) atoms. The zero-order valence-corrected chi connectivity index (χ0v) is 6.64. The lowest BCUT2D eigenvalue weighted by Crippen LogP contribution is -2.18. The molecule has 0 bridgehead atoms. The highest BCUT2D eigenvalue weighted by Crippen LogP contribution is 2.51. The van der Waals surface area contributed by atoms with Crippen LogP contribution in [0, 0.1) is 17.8 Å². The normalized spacial score (nSPS) is 44.3. The Balaban J connectivity index is 2.23. The summed E-state index contributed by atoms with van der Waals surface area (Å²) in [6.07, 6.45) is 12.9. The zero-order chi connectivity index (χ0) is 7.03. The second-order valence-corrected chi connectivity index (χ2v) is 3.63. The van der Waals surface area contributed by atoms with Gasteiger partial charge in [0.25, 0.3) is 0 Å². The Morgan fingerprint density at radius 2 is 2.50 bits per heavy atom. The highest BCUT2D eigenvalue weighted by molar-refractivity contribution is 5.18. The fourth-order valence-corrected chi connectivity index (χ4v) is 2.61. The van der Waals surface area contributed by atoms with Gasteiger partial charge >= 0.3 is 0 Å². The van der Waals surface area contributed by atoms with E-state index in [-0.39, 0.29) is 0 Å². The smallest absolute Gasteiger partial charge is 0.00586 e. The van der Waals surface area contributed by atoms with E-state index in [1.54, 1.807) is 0 Å². The van der Waals surface area contributed by atoms with Crippen molar-refractivity contribution in [3.8, 4) is 0 Å². The predicted molar refractivity (Wildman–Crippen MR) is 43.5 cm³/mol. The summed E-state index contributed by atoms with van der Waals surface area (Å²) in [7, 11) is 0. The van der Waals surface area contributed by atoms with Crippen molar-refractivity contribution in [3.63, 3.8) is 0 Å². The van der Waals surface area contributed by atoms with Crippen LogP contribution in [0.2, 0.25) is 0 Å². The maximum absolute atomic E-state index is 2.44. The summed E-state index contributed by atoms with van der Waals surface area (Å²) < 4.78 is 0. The van der Waals surface area contributed by atoms with Crippen LogP contribution in [-0.2, 0) is 0 Å². The van der Waals surface area contributed by atoms with Gasteiger partial charge in [0.2, 0.25) is 0 Å². The van der Waals surface area contributed by atoms with Crippen LogP contribution in [0.5, 0.6) is 0 Å². The molecule has 2 unspecified atom stereocenters. The van der Waals surface area contributed by atoms with Gasteiger partial charge in [0.05, 0.1) is 0 Å². The van der Waals surface area contributed by atoms with E-state index in [1.165, 1.54) is 25.7 Å². The molecule has 0 heteroatoms. The van der Waals surface area contributed by atoms with E-state index >= 15 is 0 Å². The number of hydrogen-bond donors (Lipinski definition) is 0. The lowest BCUT2D eigenvalue weighted by Gasteiger charge is -2.25. The SMILES string of the molecule is C[CH]C12C=CCC1CCC2. The summed E-state index contributed by atoms with van der Waals surface area (Å²) in [5.41, 5.74) is 0.542. The van der Waals surface area contributed by atoms with E-state index in [9.17, 15) is 0 Å². The van der Waals surface area contributed by atoms with Crippen molar-refractivity contribution in [2.45, 2.75) is 32.6 Å². The maximum Gasteiger partial charge on any atom is -0.00586 e. The lowest BCUT2D eigenvalue weighted by atomic mass is 9.79. The predicted octanol–water partition coefficient (Wildman–Crippen LogP) is 2.96.